The zero-order chi connectivity index (χ0) is 9.68. The molecule has 0 aliphatic heterocycles. The molecule has 0 fully saturated rings. The summed E-state index contributed by atoms with van der Waals surface area (Å²) in [5.74, 6) is 1.94. The molecular formula is C8H13N3OS. The maximum Gasteiger partial charge on any atom is 0.243 e. The largest absolute Gasteiger partial charge is 0.338 e. The fraction of sp³-hybridized carbons (Fsp3) is 0.500. The maximum absolute atomic E-state index is 5.74. The van der Waals surface area contributed by atoms with Gasteiger partial charge in [0.1, 0.15) is 0 Å². The summed E-state index contributed by atoms with van der Waals surface area (Å²) in [6.45, 7) is 3.60. The Morgan fingerprint density at radius 1 is 1.77 bits per heavy atom. The SMILES string of the molecule is C=CCC(N)c1nc(CSC)no1. The van der Waals surface area contributed by atoms with Gasteiger partial charge in [-0.2, -0.15) is 16.7 Å². The van der Waals surface area contributed by atoms with Crippen LogP contribution in [0.1, 0.15) is 24.2 Å². The molecule has 1 rings (SSSR count). The zero-order valence-electron chi connectivity index (χ0n) is 7.56. The summed E-state index contributed by atoms with van der Waals surface area (Å²) in [5.41, 5.74) is 5.74. The molecular weight excluding hydrogens is 186 g/mol. The molecule has 72 valence electrons. The van der Waals surface area contributed by atoms with Crippen molar-refractivity contribution >= 4 is 11.8 Å². The molecule has 0 saturated heterocycles. The predicted molar refractivity (Wildman–Crippen MR) is 53.3 cm³/mol. The third kappa shape index (κ3) is 2.86. The summed E-state index contributed by atoms with van der Waals surface area (Å²) in [6.07, 6.45) is 4.38. The van der Waals surface area contributed by atoms with Crippen LogP contribution in [0.25, 0.3) is 0 Å². The molecule has 0 amide bonds. The van der Waals surface area contributed by atoms with Crippen molar-refractivity contribution in [3.8, 4) is 0 Å². The van der Waals surface area contributed by atoms with E-state index in [9.17, 15) is 0 Å². The first-order valence-electron chi connectivity index (χ1n) is 3.95. The first-order chi connectivity index (χ1) is 6.27. The normalized spacial score (nSPS) is 12.8. The van der Waals surface area contributed by atoms with E-state index in [0.29, 0.717) is 18.1 Å². The summed E-state index contributed by atoms with van der Waals surface area (Å²) < 4.78 is 4.98. The second-order valence-electron chi connectivity index (χ2n) is 2.61. The van der Waals surface area contributed by atoms with Crippen LogP contribution < -0.4 is 5.73 Å². The van der Waals surface area contributed by atoms with Gasteiger partial charge >= 0.3 is 0 Å². The van der Waals surface area contributed by atoms with E-state index in [-0.39, 0.29) is 6.04 Å². The molecule has 0 bridgehead atoms. The van der Waals surface area contributed by atoms with Crippen LogP contribution in [-0.4, -0.2) is 16.4 Å². The number of nitrogens with two attached hydrogens (primary N) is 1. The quantitative estimate of drug-likeness (QED) is 0.728. The second-order valence-corrected chi connectivity index (χ2v) is 3.48. The van der Waals surface area contributed by atoms with Gasteiger partial charge in [0.05, 0.1) is 11.8 Å². The van der Waals surface area contributed by atoms with E-state index in [1.54, 1.807) is 17.8 Å². The molecule has 1 heterocycles. The van der Waals surface area contributed by atoms with Gasteiger partial charge in [0.2, 0.25) is 5.89 Å². The van der Waals surface area contributed by atoms with Gasteiger partial charge in [0.15, 0.2) is 5.82 Å². The van der Waals surface area contributed by atoms with Gasteiger partial charge in [-0.1, -0.05) is 11.2 Å². The topological polar surface area (TPSA) is 64.9 Å². The Morgan fingerprint density at radius 2 is 2.54 bits per heavy atom. The van der Waals surface area contributed by atoms with Crippen LogP contribution in [0.4, 0.5) is 0 Å². The first kappa shape index (κ1) is 10.3. The zero-order valence-corrected chi connectivity index (χ0v) is 8.38. The molecule has 2 N–H and O–H groups in total. The Kier molecular flexibility index (Phi) is 3.98. The van der Waals surface area contributed by atoms with Crippen LogP contribution in [0, 0.1) is 0 Å². The summed E-state index contributed by atoms with van der Waals surface area (Å²) in [4.78, 5) is 4.15. The molecule has 1 aromatic rings. The highest BCUT2D eigenvalue weighted by Crippen LogP contribution is 2.13. The van der Waals surface area contributed by atoms with Gasteiger partial charge in [-0.05, 0) is 12.7 Å². The molecule has 1 unspecified atom stereocenters. The van der Waals surface area contributed by atoms with Crippen LogP contribution in [0.2, 0.25) is 0 Å². The van der Waals surface area contributed by atoms with Crippen molar-refractivity contribution in [3.05, 3.63) is 24.4 Å². The summed E-state index contributed by atoms with van der Waals surface area (Å²) in [5, 5.41) is 3.79. The lowest BCUT2D eigenvalue weighted by molar-refractivity contribution is 0.352. The summed E-state index contributed by atoms with van der Waals surface area (Å²) in [6, 6.07) is -0.222. The average molecular weight is 199 g/mol. The van der Waals surface area contributed by atoms with E-state index in [1.807, 2.05) is 6.26 Å². The van der Waals surface area contributed by atoms with Gasteiger partial charge in [0.25, 0.3) is 0 Å². The Morgan fingerprint density at radius 3 is 3.15 bits per heavy atom. The number of rotatable bonds is 5. The van der Waals surface area contributed by atoms with Crippen LogP contribution in [0.3, 0.4) is 0 Å². The summed E-state index contributed by atoms with van der Waals surface area (Å²) >= 11 is 1.65. The second kappa shape index (κ2) is 5.04. The van der Waals surface area contributed by atoms with E-state index < -0.39 is 0 Å². The molecule has 5 heteroatoms. The van der Waals surface area contributed by atoms with Crippen LogP contribution in [0.15, 0.2) is 17.2 Å². The van der Waals surface area contributed by atoms with E-state index in [1.165, 1.54) is 0 Å². The number of thioether (sulfide) groups is 1. The highest BCUT2D eigenvalue weighted by molar-refractivity contribution is 7.97. The molecule has 0 aromatic carbocycles. The Balaban J connectivity index is 2.61. The minimum Gasteiger partial charge on any atom is -0.338 e. The van der Waals surface area contributed by atoms with Crippen molar-refractivity contribution in [2.45, 2.75) is 18.2 Å². The predicted octanol–water partition coefficient (Wildman–Crippen LogP) is 1.51. The molecule has 1 atom stereocenters. The third-order valence-electron chi connectivity index (χ3n) is 1.50. The number of aromatic nitrogens is 2. The van der Waals surface area contributed by atoms with Gasteiger partial charge in [0, 0.05) is 0 Å². The van der Waals surface area contributed by atoms with Crippen LogP contribution in [0.5, 0.6) is 0 Å². The maximum atomic E-state index is 5.74. The minimum absolute atomic E-state index is 0.222. The van der Waals surface area contributed by atoms with Crippen molar-refractivity contribution in [3.63, 3.8) is 0 Å². The van der Waals surface area contributed by atoms with E-state index >= 15 is 0 Å². The van der Waals surface area contributed by atoms with Crippen LogP contribution in [-0.2, 0) is 5.75 Å². The van der Waals surface area contributed by atoms with Crippen molar-refractivity contribution in [2.24, 2.45) is 5.73 Å². The van der Waals surface area contributed by atoms with Crippen molar-refractivity contribution < 1.29 is 4.52 Å². The van der Waals surface area contributed by atoms with Crippen molar-refractivity contribution in [1.82, 2.24) is 10.1 Å². The highest BCUT2D eigenvalue weighted by atomic mass is 32.2. The smallest absolute Gasteiger partial charge is 0.243 e. The van der Waals surface area contributed by atoms with Gasteiger partial charge in [-0.3, -0.25) is 0 Å². The third-order valence-corrected chi connectivity index (χ3v) is 2.04. The van der Waals surface area contributed by atoms with Gasteiger partial charge in [-0.15, -0.1) is 6.58 Å². The fourth-order valence-corrected chi connectivity index (χ4v) is 1.26. The molecule has 0 radical (unpaired) electrons. The average Bonchev–Trinajstić information content (AvgIpc) is 2.54. The first-order valence-corrected chi connectivity index (χ1v) is 5.35. The standard InChI is InChI=1S/C8H13N3OS/c1-3-4-6(9)8-10-7(5-13-2)11-12-8/h3,6H,1,4-5,9H2,2H3. The summed E-state index contributed by atoms with van der Waals surface area (Å²) in [7, 11) is 0. The molecule has 4 nitrogen and oxygen atoms in total. The lowest BCUT2D eigenvalue weighted by Crippen LogP contribution is -2.09. The van der Waals surface area contributed by atoms with Crippen molar-refractivity contribution in [1.29, 1.82) is 0 Å². The molecule has 0 saturated carbocycles. The monoisotopic (exact) mass is 199 g/mol. The van der Waals surface area contributed by atoms with Crippen LogP contribution >= 0.6 is 11.8 Å². The van der Waals surface area contributed by atoms with E-state index in [0.717, 1.165) is 5.75 Å². The Hall–Kier alpha value is -0.810. The lowest BCUT2D eigenvalue weighted by Gasteiger charge is -1.99. The lowest BCUT2D eigenvalue weighted by atomic mass is 10.2. The number of hydrogen-bond acceptors (Lipinski definition) is 5. The molecule has 0 aliphatic carbocycles. The van der Waals surface area contributed by atoms with Gasteiger partial charge < -0.3 is 10.3 Å². The molecule has 0 spiro atoms. The number of hydrogen-bond donors (Lipinski definition) is 1. The van der Waals surface area contributed by atoms with E-state index in [2.05, 4.69) is 16.7 Å². The van der Waals surface area contributed by atoms with E-state index in [4.69, 9.17) is 10.3 Å². The number of nitrogens with zero attached hydrogens (tertiary/aromatic N) is 2. The molecule has 0 aliphatic rings. The molecule has 13 heavy (non-hydrogen) atoms. The Labute approximate surface area is 81.6 Å². The minimum atomic E-state index is -0.222. The van der Waals surface area contributed by atoms with Crippen molar-refractivity contribution in [2.75, 3.05) is 6.26 Å². The Bertz CT molecular complexity index is 274. The molecule has 1 aromatic heterocycles. The highest BCUT2D eigenvalue weighted by Gasteiger charge is 2.12. The fourth-order valence-electron chi connectivity index (χ4n) is 0.886. The van der Waals surface area contributed by atoms with Gasteiger partial charge in [-0.25, -0.2) is 0 Å².